The molecule has 0 N–H and O–H groups in total. The van der Waals surface area contributed by atoms with E-state index in [1.54, 1.807) is 20.7 Å². The third kappa shape index (κ3) is 3.64. The third-order valence-electron chi connectivity index (χ3n) is 9.35. The summed E-state index contributed by atoms with van der Waals surface area (Å²) < 4.78 is 46.2. The fourth-order valence-corrected chi connectivity index (χ4v) is 9.31. The van der Waals surface area contributed by atoms with Gasteiger partial charge < -0.3 is 0 Å². The van der Waals surface area contributed by atoms with Crippen LogP contribution >= 0.6 is 0 Å². The first-order chi connectivity index (χ1) is 18.4. The SMILES string of the molecule is Cc1cc2c(cnn2-c2ccc(F)cc2)cc1[C@]12CN(S(=O)(=O)N3CCCCC3)C[C@H]1[C@@H]2C1C=CC=CC1. The Bertz CT molecular complexity index is 1550. The minimum atomic E-state index is -3.47. The smallest absolute Gasteiger partial charge is 0.233 e. The second-order valence-corrected chi connectivity index (χ2v) is 13.3. The molecule has 8 heteroatoms. The van der Waals surface area contributed by atoms with Gasteiger partial charge in [0.2, 0.25) is 0 Å². The molecule has 2 aliphatic heterocycles. The molecule has 0 spiro atoms. The number of benzene rings is 2. The van der Waals surface area contributed by atoms with Crippen molar-refractivity contribution in [3.05, 3.63) is 83.8 Å². The van der Waals surface area contributed by atoms with E-state index in [0.29, 0.717) is 43.9 Å². The van der Waals surface area contributed by atoms with Crippen molar-refractivity contribution in [2.24, 2.45) is 17.8 Å². The summed E-state index contributed by atoms with van der Waals surface area (Å²) in [5, 5.41) is 5.64. The van der Waals surface area contributed by atoms with Crippen LogP contribution in [0.15, 0.2) is 66.9 Å². The fraction of sp³-hybridized carbons (Fsp3) is 0.433. The standard InChI is InChI=1S/C30H33FN4O2S/c1-21-16-28-23(18-32-35(28)25-12-10-24(31)11-13-25)17-26(21)30-20-34(38(36,37)33-14-6-3-7-15-33)19-27(30)29(30)22-8-4-2-5-9-22/h2,4-5,8,10-13,16-18,22,27,29H,3,6-7,9,14-15,19-20H2,1H3/t22?,27-,29-,30+/m0/s1. The monoisotopic (exact) mass is 532 g/mol. The first kappa shape index (κ1) is 24.2. The molecule has 3 fully saturated rings. The highest BCUT2D eigenvalue weighted by Crippen LogP contribution is 2.69. The normalized spacial score (nSPS) is 29.7. The summed E-state index contributed by atoms with van der Waals surface area (Å²) in [7, 11) is -3.47. The van der Waals surface area contributed by atoms with Crippen molar-refractivity contribution in [2.75, 3.05) is 26.2 Å². The number of piperidine rings is 2. The molecule has 0 bridgehead atoms. The van der Waals surface area contributed by atoms with Crippen molar-refractivity contribution in [3.63, 3.8) is 0 Å². The zero-order valence-electron chi connectivity index (χ0n) is 21.6. The van der Waals surface area contributed by atoms with E-state index in [4.69, 9.17) is 0 Å². The minimum Gasteiger partial charge on any atom is -0.233 e. The molecule has 4 atom stereocenters. The van der Waals surface area contributed by atoms with Crippen LogP contribution in [-0.2, 0) is 15.6 Å². The molecule has 7 rings (SSSR count). The van der Waals surface area contributed by atoms with Crippen LogP contribution < -0.4 is 0 Å². The maximum atomic E-state index is 13.7. The molecule has 1 saturated carbocycles. The lowest BCUT2D eigenvalue weighted by atomic mass is 9.83. The molecular formula is C30H33FN4O2S. The van der Waals surface area contributed by atoms with Crippen molar-refractivity contribution in [3.8, 4) is 5.69 Å². The highest BCUT2D eigenvalue weighted by molar-refractivity contribution is 7.86. The highest BCUT2D eigenvalue weighted by Gasteiger charge is 2.72. The summed E-state index contributed by atoms with van der Waals surface area (Å²) in [5.74, 6) is 0.860. The van der Waals surface area contributed by atoms with E-state index < -0.39 is 10.2 Å². The number of hydrogen-bond donors (Lipinski definition) is 0. The average molecular weight is 533 g/mol. The van der Waals surface area contributed by atoms with Crippen molar-refractivity contribution < 1.29 is 12.8 Å². The number of nitrogens with zero attached hydrogens (tertiary/aromatic N) is 4. The average Bonchev–Trinajstić information content (AvgIpc) is 3.20. The number of fused-ring (bicyclic) bond motifs is 2. The van der Waals surface area contributed by atoms with E-state index >= 15 is 0 Å². The van der Waals surface area contributed by atoms with Gasteiger partial charge >= 0.3 is 0 Å². The van der Waals surface area contributed by atoms with Crippen molar-refractivity contribution in [1.29, 1.82) is 0 Å². The largest absolute Gasteiger partial charge is 0.282 e. The first-order valence-electron chi connectivity index (χ1n) is 13.7. The third-order valence-corrected chi connectivity index (χ3v) is 11.3. The Morgan fingerprint density at radius 1 is 1.03 bits per heavy atom. The van der Waals surface area contributed by atoms with Gasteiger partial charge in [-0.3, -0.25) is 0 Å². The summed E-state index contributed by atoms with van der Waals surface area (Å²) in [5.41, 5.74) is 3.99. The van der Waals surface area contributed by atoms with E-state index in [1.165, 1.54) is 17.7 Å². The Hall–Kier alpha value is -2.81. The summed E-state index contributed by atoms with van der Waals surface area (Å²) in [6.07, 6.45) is 14.7. The number of allylic oxidation sites excluding steroid dienone is 4. The number of halogens is 1. The molecule has 0 radical (unpaired) electrons. The number of rotatable bonds is 5. The van der Waals surface area contributed by atoms with Crippen LogP contribution in [0, 0.1) is 30.5 Å². The molecule has 1 aromatic heterocycles. The molecule has 2 aliphatic carbocycles. The second kappa shape index (κ2) is 8.86. The molecule has 6 nitrogen and oxygen atoms in total. The van der Waals surface area contributed by atoms with Gasteiger partial charge in [-0.1, -0.05) is 30.7 Å². The molecular weight excluding hydrogens is 499 g/mol. The maximum Gasteiger partial charge on any atom is 0.282 e. The Morgan fingerprint density at radius 2 is 1.82 bits per heavy atom. The first-order valence-corrected chi connectivity index (χ1v) is 15.1. The van der Waals surface area contributed by atoms with Crippen LogP contribution in [0.5, 0.6) is 0 Å². The van der Waals surface area contributed by atoms with Crippen LogP contribution in [0.2, 0.25) is 0 Å². The van der Waals surface area contributed by atoms with Crippen LogP contribution in [0.1, 0.15) is 36.8 Å². The van der Waals surface area contributed by atoms with Crippen LogP contribution in [-0.4, -0.2) is 53.0 Å². The lowest BCUT2D eigenvalue weighted by Gasteiger charge is -2.33. The fourth-order valence-electron chi connectivity index (χ4n) is 7.54. The second-order valence-electron chi connectivity index (χ2n) is 11.4. The van der Waals surface area contributed by atoms with Crippen molar-refractivity contribution in [2.45, 2.75) is 38.0 Å². The van der Waals surface area contributed by atoms with Crippen molar-refractivity contribution in [1.82, 2.24) is 18.4 Å². The quantitative estimate of drug-likeness (QED) is 0.458. The van der Waals surface area contributed by atoms with Gasteiger partial charge in [0.15, 0.2) is 0 Å². The summed E-state index contributed by atoms with van der Waals surface area (Å²) in [4.78, 5) is 0. The molecule has 38 heavy (non-hydrogen) atoms. The number of hydrogen-bond acceptors (Lipinski definition) is 3. The minimum absolute atomic E-state index is 0.195. The van der Waals surface area contributed by atoms with Gasteiger partial charge in [-0.25, -0.2) is 9.07 Å². The predicted octanol–water partition coefficient (Wildman–Crippen LogP) is 5.14. The van der Waals surface area contributed by atoms with Crippen molar-refractivity contribution >= 4 is 21.1 Å². The molecule has 2 saturated heterocycles. The van der Waals surface area contributed by atoms with Gasteiger partial charge in [0.25, 0.3) is 10.2 Å². The van der Waals surface area contributed by atoms with Crippen LogP contribution in [0.25, 0.3) is 16.6 Å². The molecule has 2 aromatic carbocycles. The van der Waals surface area contributed by atoms with Gasteiger partial charge in [0.05, 0.1) is 17.4 Å². The molecule has 1 unspecified atom stereocenters. The Morgan fingerprint density at radius 3 is 2.55 bits per heavy atom. The molecule has 198 valence electrons. The van der Waals surface area contributed by atoms with Gasteiger partial charge in [-0.05, 0) is 91.5 Å². The van der Waals surface area contributed by atoms with E-state index in [-0.39, 0.29) is 11.2 Å². The lowest BCUT2D eigenvalue weighted by Crippen LogP contribution is -2.47. The summed E-state index contributed by atoms with van der Waals surface area (Å²) in [6, 6.07) is 10.8. The topological polar surface area (TPSA) is 58.4 Å². The van der Waals surface area contributed by atoms with E-state index in [2.05, 4.69) is 48.5 Å². The zero-order valence-corrected chi connectivity index (χ0v) is 22.4. The van der Waals surface area contributed by atoms with Crippen LogP contribution in [0.3, 0.4) is 0 Å². The Kier molecular flexibility index (Phi) is 5.65. The van der Waals surface area contributed by atoms with E-state index in [9.17, 15) is 12.8 Å². The zero-order chi connectivity index (χ0) is 26.1. The lowest BCUT2D eigenvalue weighted by molar-refractivity contribution is 0.294. The Labute approximate surface area is 223 Å². The van der Waals surface area contributed by atoms with E-state index in [0.717, 1.165) is 47.8 Å². The van der Waals surface area contributed by atoms with E-state index in [1.807, 2.05) is 10.9 Å². The number of aryl methyl sites for hydroxylation is 1. The van der Waals surface area contributed by atoms with Gasteiger partial charge in [0, 0.05) is 37.0 Å². The maximum absolute atomic E-state index is 13.7. The summed E-state index contributed by atoms with van der Waals surface area (Å²) >= 11 is 0. The molecule has 3 heterocycles. The Balaban J connectivity index is 1.28. The summed E-state index contributed by atoms with van der Waals surface area (Å²) in [6.45, 7) is 4.52. The predicted molar refractivity (Wildman–Crippen MR) is 147 cm³/mol. The van der Waals surface area contributed by atoms with Gasteiger partial charge in [-0.2, -0.15) is 22.1 Å². The molecule has 4 aliphatic rings. The van der Waals surface area contributed by atoms with Gasteiger partial charge in [-0.15, -0.1) is 0 Å². The highest BCUT2D eigenvalue weighted by atomic mass is 32.2. The van der Waals surface area contributed by atoms with Crippen LogP contribution in [0.4, 0.5) is 4.39 Å². The molecule has 3 aromatic rings. The molecule has 0 amide bonds. The number of aromatic nitrogens is 2. The van der Waals surface area contributed by atoms with Gasteiger partial charge in [0.1, 0.15) is 5.82 Å².